The van der Waals surface area contributed by atoms with Crippen LogP contribution in [0.2, 0.25) is 0 Å². The second-order valence-corrected chi connectivity index (χ2v) is 5.22. The number of nitrogens with one attached hydrogen (secondary N) is 1. The summed E-state index contributed by atoms with van der Waals surface area (Å²) in [6, 6.07) is 5.86. The van der Waals surface area contributed by atoms with Crippen LogP contribution in [0, 0.1) is 0 Å². The molecule has 3 aromatic heterocycles. The van der Waals surface area contributed by atoms with Crippen molar-refractivity contribution in [2.24, 2.45) is 0 Å². The number of hydrogen-bond donors (Lipinski definition) is 1. The lowest BCUT2D eigenvalue weighted by Gasteiger charge is -2.06. The van der Waals surface area contributed by atoms with E-state index in [-0.39, 0.29) is 12.4 Å². The minimum absolute atomic E-state index is 0.230. The number of halogens is 3. The molecule has 9 heteroatoms. The van der Waals surface area contributed by atoms with Crippen molar-refractivity contribution in [3.63, 3.8) is 0 Å². The Kier molecular flexibility index (Phi) is 3.80. The number of thiophene rings is 1. The monoisotopic (exact) mass is 326 g/mol. The predicted molar refractivity (Wildman–Crippen MR) is 74.2 cm³/mol. The number of rotatable bonds is 4. The average Bonchev–Trinajstić information content (AvgIpc) is 3.15. The van der Waals surface area contributed by atoms with Gasteiger partial charge >= 0.3 is 6.18 Å². The Morgan fingerprint density at radius 3 is 2.68 bits per heavy atom. The van der Waals surface area contributed by atoms with Crippen molar-refractivity contribution in [1.29, 1.82) is 0 Å². The van der Waals surface area contributed by atoms with Crippen molar-refractivity contribution in [2.75, 3.05) is 5.32 Å². The summed E-state index contributed by atoms with van der Waals surface area (Å²) >= 11 is 1.50. The van der Waals surface area contributed by atoms with Crippen molar-refractivity contribution in [1.82, 2.24) is 15.2 Å². The summed E-state index contributed by atoms with van der Waals surface area (Å²) in [6.07, 6.45) is -3.01. The van der Waals surface area contributed by atoms with E-state index >= 15 is 0 Å². The van der Waals surface area contributed by atoms with Crippen LogP contribution in [-0.4, -0.2) is 15.2 Å². The molecule has 0 saturated carbocycles. The molecule has 5 nitrogen and oxygen atoms in total. The summed E-state index contributed by atoms with van der Waals surface area (Å²) in [5.74, 6) is 0.735. The van der Waals surface area contributed by atoms with Crippen LogP contribution in [0.1, 0.15) is 11.4 Å². The van der Waals surface area contributed by atoms with Gasteiger partial charge in [-0.25, -0.2) is 4.98 Å². The fourth-order valence-corrected chi connectivity index (χ4v) is 2.32. The van der Waals surface area contributed by atoms with Gasteiger partial charge in [-0.05, 0) is 23.6 Å². The molecule has 0 atom stereocenters. The van der Waals surface area contributed by atoms with Gasteiger partial charge in [0.15, 0.2) is 5.69 Å². The molecule has 0 fully saturated rings. The molecular formula is C13H9F3N4OS. The third-order valence-electron chi connectivity index (χ3n) is 2.69. The van der Waals surface area contributed by atoms with Gasteiger partial charge in [0.05, 0.1) is 17.1 Å². The summed E-state index contributed by atoms with van der Waals surface area (Å²) in [6.45, 7) is 0.273. The van der Waals surface area contributed by atoms with Gasteiger partial charge in [-0.1, -0.05) is 6.07 Å². The number of anilines is 1. The summed E-state index contributed by atoms with van der Waals surface area (Å²) in [7, 11) is 0. The molecule has 3 heterocycles. The maximum absolute atomic E-state index is 12.4. The quantitative estimate of drug-likeness (QED) is 0.789. The highest BCUT2D eigenvalue weighted by Gasteiger charge is 2.32. The maximum Gasteiger partial charge on any atom is 0.435 e. The van der Waals surface area contributed by atoms with E-state index < -0.39 is 11.9 Å². The first-order chi connectivity index (χ1) is 10.5. The highest BCUT2D eigenvalue weighted by molar-refractivity contribution is 7.13. The summed E-state index contributed by atoms with van der Waals surface area (Å²) < 4.78 is 42.4. The SMILES string of the molecule is FC(F)(F)c1ccc(NCc2coc(-c3cccs3)n2)nn1. The zero-order valence-corrected chi connectivity index (χ0v) is 11.8. The minimum atomic E-state index is -4.49. The average molecular weight is 326 g/mol. The van der Waals surface area contributed by atoms with E-state index in [0.717, 1.165) is 10.9 Å². The summed E-state index contributed by atoms with van der Waals surface area (Å²) in [5, 5.41) is 11.4. The number of hydrogen-bond acceptors (Lipinski definition) is 6. The Labute approximate surface area is 126 Å². The smallest absolute Gasteiger partial charge is 0.435 e. The van der Waals surface area contributed by atoms with E-state index in [1.54, 1.807) is 0 Å². The van der Waals surface area contributed by atoms with Gasteiger partial charge in [-0.2, -0.15) is 13.2 Å². The van der Waals surface area contributed by atoms with Crippen LogP contribution < -0.4 is 5.32 Å². The van der Waals surface area contributed by atoms with E-state index in [1.165, 1.54) is 23.7 Å². The molecule has 0 bridgehead atoms. The second-order valence-electron chi connectivity index (χ2n) is 4.28. The first-order valence-electron chi connectivity index (χ1n) is 6.15. The lowest BCUT2D eigenvalue weighted by atomic mass is 10.3. The lowest BCUT2D eigenvalue weighted by Crippen LogP contribution is -2.10. The molecule has 0 aliphatic carbocycles. The van der Waals surface area contributed by atoms with Gasteiger partial charge in [0, 0.05) is 0 Å². The van der Waals surface area contributed by atoms with Gasteiger partial charge in [0.25, 0.3) is 0 Å². The van der Waals surface area contributed by atoms with Crippen LogP contribution >= 0.6 is 11.3 Å². The number of oxazole rings is 1. The Morgan fingerprint density at radius 2 is 2.05 bits per heavy atom. The van der Waals surface area contributed by atoms with Crippen LogP contribution in [0.5, 0.6) is 0 Å². The minimum Gasteiger partial charge on any atom is -0.443 e. The molecule has 0 saturated heterocycles. The normalized spacial score (nSPS) is 11.6. The van der Waals surface area contributed by atoms with Crippen LogP contribution in [0.4, 0.5) is 19.0 Å². The number of alkyl halides is 3. The Bertz CT molecular complexity index is 737. The van der Waals surface area contributed by atoms with Gasteiger partial charge in [-0.3, -0.25) is 0 Å². The molecule has 0 aliphatic rings. The van der Waals surface area contributed by atoms with Crippen LogP contribution in [0.25, 0.3) is 10.8 Å². The first-order valence-corrected chi connectivity index (χ1v) is 7.03. The molecule has 22 heavy (non-hydrogen) atoms. The molecule has 0 spiro atoms. The van der Waals surface area contributed by atoms with Gasteiger partial charge in [0.1, 0.15) is 12.1 Å². The molecular weight excluding hydrogens is 317 g/mol. The molecule has 1 N–H and O–H groups in total. The van der Waals surface area contributed by atoms with E-state index in [2.05, 4.69) is 20.5 Å². The zero-order chi connectivity index (χ0) is 15.6. The Balaban J connectivity index is 1.63. The number of aromatic nitrogens is 3. The topological polar surface area (TPSA) is 63.8 Å². The van der Waals surface area contributed by atoms with Gasteiger partial charge < -0.3 is 9.73 Å². The van der Waals surface area contributed by atoms with Gasteiger partial charge in [0.2, 0.25) is 5.89 Å². The van der Waals surface area contributed by atoms with E-state index in [4.69, 9.17) is 4.42 Å². The molecule has 0 aliphatic heterocycles. The standard InChI is InChI=1S/C13H9F3N4OS/c14-13(15,16)10-3-4-11(20-19-10)17-6-8-7-21-12(18-8)9-2-1-5-22-9/h1-5,7H,6H2,(H,17,20). The molecule has 3 aromatic rings. The number of nitrogens with zero attached hydrogens (tertiary/aromatic N) is 3. The fourth-order valence-electron chi connectivity index (χ4n) is 1.66. The third kappa shape index (κ3) is 3.25. The van der Waals surface area contributed by atoms with Crippen molar-refractivity contribution >= 4 is 17.2 Å². The van der Waals surface area contributed by atoms with E-state index in [9.17, 15) is 13.2 Å². The Hall–Kier alpha value is -2.42. The van der Waals surface area contributed by atoms with Crippen molar-refractivity contribution < 1.29 is 17.6 Å². The van der Waals surface area contributed by atoms with Crippen LogP contribution in [0.15, 0.2) is 40.3 Å². The predicted octanol–water partition coefficient (Wildman–Crippen LogP) is 3.82. The molecule has 3 rings (SSSR count). The first kappa shape index (κ1) is 14.5. The molecule has 114 valence electrons. The molecule has 0 amide bonds. The summed E-state index contributed by atoms with van der Waals surface area (Å²) in [5.41, 5.74) is -0.412. The highest BCUT2D eigenvalue weighted by atomic mass is 32.1. The molecule has 0 aromatic carbocycles. The van der Waals surface area contributed by atoms with E-state index in [1.807, 2.05) is 17.5 Å². The largest absolute Gasteiger partial charge is 0.443 e. The lowest BCUT2D eigenvalue weighted by molar-refractivity contribution is -0.141. The highest BCUT2D eigenvalue weighted by Crippen LogP contribution is 2.27. The van der Waals surface area contributed by atoms with Crippen molar-refractivity contribution in [2.45, 2.75) is 12.7 Å². The van der Waals surface area contributed by atoms with Crippen LogP contribution in [0.3, 0.4) is 0 Å². The zero-order valence-electron chi connectivity index (χ0n) is 11.0. The summed E-state index contributed by atoms with van der Waals surface area (Å²) in [4.78, 5) is 5.18. The van der Waals surface area contributed by atoms with Crippen molar-refractivity contribution in [3.05, 3.63) is 47.3 Å². The molecule has 0 radical (unpaired) electrons. The second kappa shape index (κ2) is 5.76. The molecule has 0 unspecified atom stereocenters. The van der Waals surface area contributed by atoms with Crippen LogP contribution in [-0.2, 0) is 12.7 Å². The third-order valence-corrected chi connectivity index (χ3v) is 3.55. The Morgan fingerprint density at radius 1 is 1.18 bits per heavy atom. The van der Waals surface area contributed by atoms with Gasteiger partial charge in [-0.15, -0.1) is 21.5 Å². The van der Waals surface area contributed by atoms with E-state index in [0.29, 0.717) is 11.6 Å². The van der Waals surface area contributed by atoms with Crippen molar-refractivity contribution in [3.8, 4) is 10.8 Å². The fraction of sp³-hybridized carbons (Fsp3) is 0.154. The maximum atomic E-state index is 12.4.